The van der Waals surface area contributed by atoms with E-state index < -0.39 is 0 Å². The maximum Gasteiger partial charge on any atom is 0.0615 e. The summed E-state index contributed by atoms with van der Waals surface area (Å²) >= 11 is 1.69. The number of allylic oxidation sites excluding steroid dienone is 2. The van der Waals surface area contributed by atoms with Crippen LogP contribution in [0.3, 0.4) is 0 Å². The molecule has 1 N–H and O–H groups in total. The van der Waals surface area contributed by atoms with Crippen molar-refractivity contribution in [2.75, 3.05) is 6.61 Å². The van der Waals surface area contributed by atoms with Crippen LogP contribution in [0.15, 0.2) is 58.4 Å². The molecule has 0 bridgehead atoms. The summed E-state index contributed by atoms with van der Waals surface area (Å²) in [5.41, 5.74) is 0. The molecule has 0 aliphatic heterocycles. The molecule has 0 saturated carbocycles. The molecule has 0 atom stereocenters. The molecule has 0 heterocycles. The van der Waals surface area contributed by atoms with Gasteiger partial charge in [-0.25, -0.2) is 0 Å². The van der Waals surface area contributed by atoms with Crippen molar-refractivity contribution in [1.82, 2.24) is 0 Å². The Morgan fingerprint density at radius 3 is 1.90 bits per heavy atom. The lowest BCUT2D eigenvalue weighted by atomic mass is 10.4. The van der Waals surface area contributed by atoms with Crippen molar-refractivity contribution in [2.24, 2.45) is 0 Å². The Morgan fingerprint density at radius 2 is 1.50 bits per heavy atom. The number of hydrogen-bond acceptors (Lipinski definition) is 2. The minimum Gasteiger partial charge on any atom is -0.392 e. The van der Waals surface area contributed by atoms with E-state index in [0.29, 0.717) is 0 Å². The van der Waals surface area contributed by atoms with Crippen molar-refractivity contribution in [3.05, 3.63) is 53.5 Å². The predicted molar refractivity (Wildman–Crippen MR) is 96.3 cm³/mol. The third kappa shape index (κ3) is 15.1. The maximum absolute atomic E-state index is 8.65. The SMILES string of the molecule is C/C=C(\C=C/CO)Sc1ccccc1.CC.CC.CC. The second kappa shape index (κ2) is 23.1. The largest absolute Gasteiger partial charge is 0.392 e. The summed E-state index contributed by atoms with van der Waals surface area (Å²) in [6, 6.07) is 10.2. The molecule has 0 spiro atoms. The highest BCUT2D eigenvalue weighted by molar-refractivity contribution is 8.03. The maximum atomic E-state index is 8.65. The Bertz CT molecular complexity index is 315. The Morgan fingerprint density at radius 1 is 1.00 bits per heavy atom. The van der Waals surface area contributed by atoms with Crippen LogP contribution in [0, 0.1) is 0 Å². The summed E-state index contributed by atoms with van der Waals surface area (Å²) in [7, 11) is 0. The fourth-order valence-electron chi connectivity index (χ4n) is 0.983. The minimum absolute atomic E-state index is 0.0900. The van der Waals surface area contributed by atoms with Crippen LogP contribution in [0.25, 0.3) is 0 Å². The lowest BCUT2D eigenvalue weighted by Crippen LogP contribution is -1.75. The fourth-order valence-corrected chi connectivity index (χ4v) is 1.83. The van der Waals surface area contributed by atoms with E-state index in [2.05, 4.69) is 12.1 Å². The number of aliphatic hydroxyl groups excluding tert-OH is 1. The molecule has 0 amide bonds. The van der Waals surface area contributed by atoms with E-state index in [-0.39, 0.29) is 6.61 Å². The van der Waals surface area contributed by atoms with Gasteiger partial charge in [0.05, 0.1) is 6.61 Å². The molecule has 0 aliphatic rings. The number of thioether (sulfide) groups is 1. The normalized spacial score (nSPS) is 9.50. The highest BCUT2D eigenvalue weighted by Crippen LogP contribution is 2.26. The summed E-state index contributed by atoms with van der Waals surface area (Å²) in [5.74, 6) is 0. The van der Waals surface area contributed by atoms with Crippen LogP contribution in [0.1, 0.15) is 48.5 Å². The zero-order valence-corrected chi connectivity index (χ0v) is 15.0. The van der Waals surface area contributed by atoms with Gasteiger partial charge >= 0.3 is 0 Å². The zero-order valence-electron chi connectivity index (χ0n) is 14.2. The molecule has 1 aromatic carbocycles. The molecule has 2 heteroatoms. The number of benzene rings is 1. The number of hydrogen-bond donors (Lipinski definition) is 1. The first kappa shape index (κ1) is 24.1. The molecule has 0 radical (unpaired) electrons. The van der Waals surface area contributed by atoms with Gasteiger partial charge in [-0.05, 0) is 19.1 Å². The van der Waals surface area contributed by atoms with Crippen LogP contribution in [0.4, 0.5) is 0 Å². The summed E-state index contributed by atoms with van der Waals surface area (Å²) in [6.07, 6.45) is 5.70. The first-order chi connectivity index (χ1) is 9.86. The molecule has 0 saturated heterocycles. The molecule has 116 valence electrons. The van der Waals surface area contributed by atoms with E-state index in [9.17, 15) is 0 Å². The van der Waals surface area contributed by atoms with Gasteiger partial charge in [-0.2, -0.15) is 0 Å². The third-order valence-electron chi connectivity index (χ3n) is 1.65. The molecule has 0 unspecified atom stereocenters. The van der Waals surface area contributed by atoms with E-state index in [1.54, 1.807) is 17.8 Å². The van der Waals surface area contributed by atoms with Gasteiger partial charge in [-0.1, -0.05) is 89.7 Å². The molecular formula is C18H32OS. The minimum atomic E-state index is 0.0900. The molecule has 0 aromatic heterocycles. The van der Waals surface area contributed by atoms with Crippen LogP contribution in [-0.4, -0.2) is 11.7 Å². The van der Waals surface area contributed by atoms with Crippen molar-refractivity contribution >= 4 is 11.8 Å². The average Bonchev–Trinajstić information content (AvgIpc) is 2.58. The standard InChI is InChI=1S/C12H14OS.3C2H6/c1-2-11(9-6-10-13)14-12-7-4-3-5-8-12;3*1-2/h2-9,13H,10H2,1H3;3*1-2H3/b9-6-,11-2+;;;. The first-order valence-electron chi connectivity index (χ1n) is 7.53. The number of aliphatic hydroxyl groups is 1. The average molecular weight is 297 g/mol. The Hall–Kier alpha value is -0.990. The number of rotatable bonds is 4. The van der Waals surface area contributed by atoms with Gasteiger partial charge in [0.15, 0.2) is 0 Å². The van der Waals surface area contributed by atoms with Gasteiger partial charge in [0, 0.05) is 9.80 Å². The highest BCUT2D eigenvalue weighted by atomic mass is 32.2. The van der Waals surface area contributed by atoms with Gasteiger partial charge in [0.2, 0.25) is 0 Å². The van der Waals surface area contributed by atoms with Gasteiger partial charge in [0.1, 0.15) is 0 Å². The third-order valence-corrected chi connectivity index (χ3v) is 2.77. The van der Waals surface area contributed by atoms with E-state index in [0.717, 1.165) is 4.91 Å². The van der Waals surface area contributed by atoms with Crippen molar-refractivity contribution in [2.45, 2.75) is 53.4 Å². The Labute approximate surface area is 130 Å². The van der Waals surface area contributed by atoms with Crippen molar-refractivity contribution in [3.8, 4) is 0 Å². The van der Waals surface area contributed by atoms with E-state index in [1.807, 2.05) is 78.8 Å². The van der Waals surface area contributed by atoms with E-state index in [1.165, 1.54) is 4.90 Å². The second-order valence-electron chi connectivity index (χ2n) is 2.69. The van der Waals surface area contributed by atoms with Crippen LogP contribution in [0.2, 0.25) is 0 Å². The van der Waals surface area contributed by atoms with Crippen molar-refractivity contribution in [1.29, 1.82) is 0 Å². The molecule has 0 fully saturated rings. The van der Waals surface area contributed by atoms with E-state index >= 15 is 0 Å². The monoisotopic (exact) mass is 296 g/mol. The van der Waals surface area contributed by atoms with Gasteiger partial charge in [-0.15, -0.1) is 0 Å². The predicted octanol–water partition coefficient (Wildman–Crippen LogP) is 6.31. The van der Waals surface area contributed by atoms with Gasteiger partial charge in [-0.3, -0.25) is 0 Å². The lowest BCUT2D eigenvalue weighted by Gasteiger charge is -2.00. The molecule has 1 nitrogen and oxygen atoms in total. The summed E-state index contributed by atoms with van der Waals surface area (Å²) in [6.45, 7) is 14.1. The fraction of sp³-hybridized carbons (Fsp3) is 0.444. The highest BCUT2D eigenvalue weighted by Gasteiger charge is 1.94. The summed E-state index contributed by atoms with van der Waals surface area (Å²) < 4.78 is 0. The Kier molecular flexibility index (Phi) is 27.8. The van der Waals surface area contributed by atoms with Gasteiger partial charge in [0.25, 0.3) is 0 Å². The van der Waals surface area contributed by atoms with Crippen molar-refractivity contribution in [3.63, 3.8) is 0 Å². The molecule has 1 rings (SSSR count). The van der Waals surface area contributed by atoms with Gasteiger partial charge < -0.3 is 5.11 Å². The van der Waals surface area contributed by atoms with Crippen LogP contribution in [-0.2, 0) is 0 Å². The van der Waals surface area contributed by atoms with Crippen molar-refractivity contribution < 1.29 is 5.11 Å². The summed E-state index contributed by atoms with van der Waals surface area (Å²) in [4.78, 5) is 2.36. The smallest absolute Gasteiger partial charge is 0.0615 e. The lowest BCUT2D eigenvalue weighted by molar-refractivity contribution is 0.342. The molecule has 20 heavy (non-hydrogen) atoms. The molecule has 1 aromatic rings. The van der Waals surface area contributed by atoms with Crippen LogP contribution in [0.5, 0.6) is 0 Å². The second-order valence-corrected chi connectivity index (χ2v) is 3.84. The summed E-state index contributed by atoms with van der Waals surface area (Å²) in [5, 5.41) is 8.65. The zero-order chi connectivity index (χ0) is 16.2. The molecule has 0 aliphatic carbocycles. The quantitative estimate of drug-likeness (QED) is 0.519. The molecular weight excluding hydrogens is 264 g/mol. The first-order valence-corrected chi connectivity index (χ1v) is 8.35. The van der Waals surface area contributed by atoms with Crippen LogP contribution < -0.4 is 0 Å². The topological polar surface area (TPSA) is 20.2 Å². The van der Waals surface area contributed by atoms with E-state index in [4.69, 9.17) is 5.11 Å². The van der Waals surface area contributed by atoms with Crippen LogP contribution >= 0.6 is 11.8 Å². The Balaban J connectivity index is -0.000000425.